The van der Waals surface area contributed by atoms with Gasteiger partial charge in [0.2, 0.25) is 0 Å². The average Bonchev–Trinajstić information content (AvgIpc) is 3.50. The van der Waals surface area contributed by atoms with Gasteiger partial charge in [-0.15, -0.1) is 21.5 Å². The quantitative estimate of drug-likeness (QED) is 0.357. The first-order valence-electron chi connectivity index (χ1n) is 10.7. The van der Waals surface area contributed by atoms with E-state index in [-0.39, 0.29) is 17.9 Å². The van der Waals surface area contributed by atoms with E-state index in [1.807, 2.05) is 24.3 Å². The van der Waals surface area contributed by atoms with Crippen LogP contribution in [0.3, 0.4) is 0 Å². The van der Waals surface area contributed by atoms with Gasteiger partial charge in [-0.1, -0.05) is 6.07 Å². The summed E-state index contributed by atoms with van der Waals surface area (Å²) in [6, 6.07) is 9.44. The molecule has 0 atom stereocenters. The fraction of sp³-hybridized carbons (Fsp3) is 0.261. The summed E-state index contributed by atoms with van der Waals surface area (Å²) in [5.74, 6) is 2.24. The van der Waals surface area contributed by atoms with E-state index in [9.17, 15) is 9.90 Å². The zero-order valence-electron chi connectivity index (χ0n) is 18.3. The third-order valence-electron chi connectivity index (χ3n) is 6.05. The van der Waals surface area contributed by atoms with Crippen molar-refractivity contribution < 1.29 is 9.84 Å². The molecule has 0 bridgehead atoms. The molecular formula is C23H19BrN6O3S. The number of phenolic OH excluding ortho intramolecular Hbond substituents is 1. The number of aromatic hydroxyl groups is 1. The van der Waals surface area contributed by atoms with E-state index in [4.69, 9.17) is 9.72 Å². The van der Waals surface area contributed by atoms with Gasteiger partial charge in [0, 0.05) is 10.9 Å². The van der Waals surface area contributed by atoms with Crippen LogP contribution in [-0.2, 0) is 13.6 Å². The van der Waals surface area contributed by atoms with Gasteiger partial charge in [-0.05, 0) is 69.7 Å². The van der Waals surface area contributed by atoms with Crippen LogP contribution in [-0.4, -0.2) is 42.0 Å². The number of benzene rings is 2. The van der Waals surface area contributed by atoms with E-state index in [0.717, 1.165) is 29.7 Å². The molecule has 3 heterocycles. The molecule has 6 rings (SSSR count). The van der Waals surface area contributed by atoms with Crippen LogP contribution >= 0.6 is 27.3 Å². The van der Waals surface area contributed by atoms with E-state index >= 15 is 0 Å². The molecule has 0 unspecified atom stereocenters. The lowest BCUT2D eigenvalue weighted by atomic mass is 10.0. The highest BCUT2D eigenvalue weighted by Crippen LogP contribution is 2.46. The number of ether oxygens (including phenoxy) is 1. The van der Waals surface area contributed by atoms with E-state index in [0.29, 0.717) is 42.3 Å². The largest absolute Gasteiger partial charge is 0.505 e. The predicted molar refractivity (Wildman–Crippen MR) is 133 cm³/mol. The highest BCUT2D eigenvalue weighted by atomic mass is 79.9. The Hall–Kier alpha value is -3.31. The zero-order valence-corrected chi connectivity index (χ0v) is 20.7. The third-order valence-corrected chi connectivity index (χ3v) is 7.80. The Balaban J connectivity index is 1.67. The Kier molecular flexibility index (Phi) is 4.92. The van der Waals surface area contributed by atoms with Crippen LogP contribution in [0, 0.1) is 0 Å². The molecule has 3 aromatic heterocycles. The second-order valence-corrected chi connectivity index (χ2v) is 10.2. The average molecular weight is 539 g/mol. The molecule has 2 aromatic carbocycles. The van der Waals surface area contributed by atoms with Crippen LogP contribution in [0.4, 0.5) is 0 Å². The number of halogens is 1. The van der Waals surface area contributed by atoms with Gasteiger partial charge in [0.1, 0.15) is 22.2 Å². The van der Waals surface area contributed by atoms with Crippen LogP contribution < -0.4 is 10.3 Å². The van der Waals surface area contributed by atoms with Gasteiger partial charge >= 0.3 is 0 Å². The number of methoxy groups -OCH3 is 1. The molecule has 0 amide bonds. The molecular weight excluding hydrogens is 520 g/mol. The van der Waals surface area contributed by atoms with Crippen LogP contribution in [0.2, 0.25) is 0 Å². The number of nitrogens with zero attached hydrogens (tertiary/aromatic N) is 6. The van der Waals surface area contributed by atoms with Crippen molar-refractivity contribution in [3.8, 4) is 22.9 Å². The maximum atomic E-state index is 14.0. The Morgan fingerprint density at radius 3 is 2.79 bits per heavy atom. The van der Waals surface area contributed by atoms with Crippen molar-refractivity contribution in [3.05, 3.63) is 56.5 Å². The Labute approximate surface area is 205 Å². The fourth-order valence-corrected chi connectivity index (χ4v) is 5.84. The van der Waals surface area contributed by atoms with Gasteiger partial charge in [-0.2, -0.15) is 4.80 Å². The molecule has 0 saturated heterocycles. The number of hydrogen-bond donors (Lipinski definition) is 1. The van der Waals surface area contributed by atoms with Crippen molar-refractivity contribution in [3.63, 3.8) is 0 Å². The predicted octanol–water partition coefficient (Wildman–Crippen LogP) is 4.20. The molecule has 0 radical (unpaired) electrons. The van der Waals surface area contributed by atoms with Gasteiger partial charge in [0.05, 0.1) is 35.3 Å². The lowest BCUT2D eigenvalue weighted by Gasteiger charge is -2.15. The molecule has 5 aromatic rings. The second-order valence-electron chi connectivity index (χ2n) is 8.30. The van der Waals surface area contributed by atoms with Crippen LogP contribution in [0.1, 0.15) is 30.1 Å². The van der Waals surface area contributed by atoms with Gasteiger partial charge in [0.25, 0.3) is 5.56 Å². The maximum absolute atomic E-state index is 14.0. The summed E-state index contributed by atoms with van der Waals surface area (Å²) in [7, 11) is 3.33. The number of hydrogen-bond acceptors (Lipinski definition) is 8. The Morgan fingerprint density at radius 1 is 1.26 bits per heavy atom. The minimum Gasteiger partial charge on any atom is -0.505 e. The summed E-state index contributed by atoms with van der Waals surface area (Å²) >= 11 is 4.67. The van der Waals surface area contributed by atoms with Gasteiger partial charge in [-0.25, -0.2) is 4.98 Å². The molecule has 1 N–H and O–H groups in total. The number of tetrazole rings is 1. The van der Waals surface area contributed by atoms with E-state index in [1.165, 1.54) is 16.1 Å². The van der Waals surface area contributed by atoms with Crippen LogP contribution in [0.25, 0.3) is 31.7 Å². The SMILES string of the molecule is COc1ccc(-c2nc3sc4c(O)c(Br)ccc4c3c(=O)n2Cc2nnn(C)n2)c(C2CC2)c1. The number of phenols is 1. The van der Waals surface area contributed by atoms with Crippen molar-refractivity contribution in [2.45, 2.75) is 25.3 Å². The van der Waals surface area contributed by atoms with E-state index < -0.39 is 0 Å². The smallest absolute Gasteiger partial charge is 0.263 e. The Morgan fingerprint density at radius 2 is 2.09 bits per heavy atom. The fourth-order valence-electron chi connectivity index (χ4n) is 4.27. The molecule has 34 heavy (non-hydrogen) atoms. The summed E-state index contributed by atoms with van der Waals surface area (Å²) in [6.07, 6.45) is 2.17. The minimum absolute atomic E-state index is 0.103. The van der Waals surface area contributed by atoms with Crippen molar-refractivity contribution in [2.24, 2.45) is 7.05 Å². The van der Waals surface area contributed by atoms with Gasteiger partial charge < -0.3 is 9.84 Å². The number of thiophene rings is 1. The van der Waals surface area contributed by atoms with E-state index in [1.54, 1.807) is 24.8 Å². The molecule has 1 saturated carbocycles. The topological polar surface area (TPSA) is 108 Å². The molecule has 172 valence electrons. The highest BCUT2D eigenvalue weighted by Gasteiger charge is 2.29. The van der Waals surface area contributed by atoms with Crippen LogP contribution in [0.5, 0.6) is 11.5 Å². The molecule has 0 spiro atoms. The molecule has 1 fully saturated rings. The van der Waals surface area contributed by atoms with Crippen molar-refractivity contribution in [1.82, 2.24) is 29.8 Å². The minimum atomic E-state index is -0.210. The first-order chi connectivity index (χ1) is 16.4. The summed E-state index contributed by atoms with van der Waals surface area (Å²) in [5.41, 5.74) is 1.78. The van der Waals surface area contributed by atoms with Crippen molar-refractivity contribution in [1.29, 1.82) is 0 Å². The highest BCUT2D eigenvalue weighted by molar-refractivity contribution is 9.10. The lowest BCUT2D eigenvalue weighted by Crippen LogP contribution is -2.24. The zero-order chi connectivity index (χ0) is 23.6. The standard InChI is InChI=1S/C23H19BrN6O3S/c1-29-27-17(26-28-29)10-30-21(13-6-5-12(33-2)9-15(13)11-3-4-11)25-22-18(23(30)32)14-7-8-16(24)19(31)20(14)34-22/h5-9,11,31H,3-4,10H2,1-2H3. The number of rotatable bonds is 5. The summed E-state index contributed by atoms with van der Waals surface area (Å²) in [4.78, 5) is 20.9. The Bertz CT molecular complexity index is 1650. The third kappa shape index (κ3) is 3.38. The van der Waals surface area contributed by atoms with Gasteiger partial charge in [0.15, 0.2) is 5.82 Å². The normalized spacial score (nSPS) is 13.7. The summed E-state index contributed by atoms with van der Waals surface area (Å²) in [6.45, 7) is 0.126. The summed E-state index contributed by atoms with van der Waals surface area (Å²) < 4.78 is 8.26. The van der Waals surface area contributed by atoms with Crippen molar-refractivity contribution in [2.75, 3.05) is 7.11 Å². The molecule has 0 aliphatic heterocycles. The van der Waals surface area contributed by atoms with Crippen molar-refractivity contribution >= 4 is 47.6 Å². The van der Waals surface area contributed by atoms with Gasteiger partial charge in [-0.3, -0.25) is 9.36 Å². The monoisotopic (exact) mass is 538 g/mol. The molecule has 9 nitrogen and oxygen atoms in total. The first kappa shape index (κ1) is 21.2. The first-order valence-corrected chi connectivity index (χ1v) is 12.3. The number of aryl methyl sites for hydroxylation is 1. The van der Waals surface area contributed by atoms with Crippen LogP contribution in [0.15, 0.2) is 39.6 Å². The lowest BCUT2D eigenvalue weighted by molar-refractivity contribution is 0.414. The van der Waals surface area contributed by atoms with E-state index in [2.05, 4.69) is 31.3 Å². The molecule has 1 aliphatic carbocycles. The maximum Gasteiger partial charge on any atom is 0.263 e. The number of aromatic nitrogens is 6. The molecule has 1 aliphatic rings. The summed E-state index contributed by atoms with van der Waals surface area (Å²) in [5, 5.41) is 24.0. The number of fused-ring (bicyclic) bond motifs is 3. The molecule has 11 heteroatoms. The second kappa shape index (κ2) is 7.88.